The van der Waals surface area contributed by atoms with E-state index < -0.39 is 0 Å². The Morgan fingerprint density at radius 2 is 1.48 bits per heavy atom. The maximum absolute atomic E-state index is 11.7. The number of aryl methyl sites for hydroxylation is 1. The van der Waals surface area contributed by atoms with Gasteiger partial charge in [0.1, 0.15) is 0 Å². The Morgan fingerprint density at radius 1 is 0.886 bits per heavy atom. The average Bonchev–Trinajstić information content (AvgIpc) is 3.39. The number of pyridine rings is 1. The standard InChI is InChI=1S/C26H22NS.C13H24O2.Ir/c1-16-13-21-20-11-7-8-12-23(20)27-24(25(21)28-16)18-14-17-9-5-6-10-19(17)22(15-18)26(2,3)4;1-5-10(6-2)12(14)9-13(15)11(7-3)8-4;/h5-13,15H,1-4H3;9-11,14H,5-8H2,1-4H3;/q-1;;/b;12-9-;. The van der Waals surface area contributed by atoms with E-state index in [0.29, 0.717) is 0 Å². The average molecular weight is 785 g/mol. The van der Waals surface area contributed by atoms with Gasteiger partial charge in [0.2, 0.25) is 0 Å². The molecule has 0 spiro atoms. The molecule has 1 N–H and O–H groups in total. The number of carbonyl (C=O) groups is 1. The van der Waals surface area contributed by atoms with Gasteiger partial charge in [-0.05, 0) is 55.5 Å². The summed E-state index contributed by atoms with van der Waals surface area (Å²) in [6.45, 7) is 17.1. The first kappa shape index (κ1) is 35.6. The van der Waals surface area contributed by atoms with Gasteiger partial charge in [0.15, 0.2) is 5.78 Å². The Balaban J connectivity index is 0.000000286. The number of thiophene rings is 1. The number of aliphatic hydroxyl groups is 1. The molecule has 3 aromatic carbocycles. The number of ketones is 1. The Bertz CT molecular complexity index is 1750. The topological polar surface area (TPSA) is 50.2 Å². The summed E-state index contributed by atoms with van der Waals surface area (Å²) in [5, 5.41) is 14.7. The van der Waals surface area contributed by atoms with Crippen LogP contribution in [0.5, 0.6) is 0 Å². The normalized spacial score (nSPS) is 12.1. The SMILES string of the molecule is CCC(CC)C(=O)/C=C(\O)C(CC)CC.Cc1cc2c(s1)c(-c1[c-]c3ccccc3c(C(C)(C)C)c1)nc1ccccc12.[Ir]. The summed E-state index contributed by atoms with van der Waals surface area (Å²) in [7, 11) is 0. The van der Waals surface area contributed by atoms with Crippen LogP contribution in [0.2, 0.25) is 0 Å². The molecule has 5 heteroatoms. The zero-order valence-corrected chi connectivity index (χ0v) is 30.6. The molecule has 5 aromatic rings. The molecule has 0 unspecified atom stereocenters. The van der Waals surface area contributed by atoms with Crippen molar-refractivity contribution < 1.29 is 30.0 Å². The molecule has 0 fully saturated rings. The van der Waals surface area contributed by atoms with Crippen molar-refractivity contribution in [3.8, 4) is 11.3 Å². The number of para-hydroxylation sites is 1. The van der Waals surface area contributed by atoms with Crippen LogP contribution >= 0.6 is 11.3 Å². The number of fused-ring (bicyclic) bond motifs is 4. The van der Waals surface area contributed by atoms with Crippen LogP contribution in [0.15, 0.2) is 72.5 Å². The Labute approximate surface area is 281 Å². The fourth-order valence-electron chi connectivity index (χ4n) is 5.80. The second-order valence-corrected chi connectivity index (χ2v) is 13.7. The summed E-state index contributed by atoms with van der Waals surface area (Å²) in [5.74, 6) is 0.547. The summed E-state index contributed by atoms with van der Waals surface area (Å²) >= 11 is 1.82. The number of aromatic nitrogens is 1. The molecule has 0 aliphatic heterocycles. The van der Waals surface area contributed by atoms with E-state index in [2.05, 4.69) is 94.4 Å². The third-order valence-corrected chi connectivity index (χ3v) is 9.47. The first-order valence-electron chi connectivity index (χ1n) is 15.7. The van der Waals surface area contributed by atoms with E-state index in [1.54, 1.807) is 0 Å². The van der Waals surface area contributed by atoms with Crippen LogP contribution in [0.3, 0.4) is 0 Å². The first-order chi connectivity index (χ1) is 20.5. The van der Waals surface area contributed by atoms with Gasteiger partial charge >= 0.3 is 0 Å². The molecule has 5 rings (SSSR count). The fraction of sp³-hybridized carbons (Fsp3) is 0.385. The van der Waals surface area contributed by atoms with Gasteiger partial charge in [-0.25, -0.2) is 0 Å². The number of rotatable bonds is 8. The summed E-state index contributed by atoms with van der Waals surface area (Å²) in [6, 6.07) is 25.3. The van der Waals surface area contributed by atoms with Gasteiger partial charge in [-0.15, -0.1) is 40.5 Å². The van der Waals surface area contributed by atoms with E-state index in [1.165, 1.54) is 37.4 Å². The molecule has 0 saturated carbocycles. The van der Waals surface area contributed by atoms with Crippen molar-refractivity contribution >= 4 is 48.9 Å². The molecule has 2 heterocycles. The number of hydrogen-bond acceptors (Lipinski definition) is 4. The molecule has 0 saturated heterocycles. The zero-order valence-electron chi connectivity index (χ0n) is 27.4. The van der Waals surface area contributed by atoms with Gasteiger partial charge in [-0.3, -0.25) is 9.78 Å². The summed E-state index contributed by atoms with van der Waals surface area (Å²) in [6.07, 6.45) is 4.91. The minimum atomic E-state index is 0. The molecule has 0 amide bonds. The molecular weight excluding hydrogens is 739 g/mol. The number of carbonyl (C=O) groups excluding carboxylic acids is 1. The number of hydrogen-bond donors (Lipinski definition) is 1. The summed E-state index contributed by atoms with van der Waals surface area (Å²) < 4.78 is 1.25. The quantitative estimate of drug-likeness (QED) is 0.0968. The predicted octanol–water partition coefficient (Wildman–Crippen LogP) is 11.5. The summed E-state index contributed by atoms with van der Waals surface area (Å²) in [4.78, 5) is 18.1. The maximum atomic E-state index is 11.7. The van der Waals surface area contributed by atoms with E-state index in [9.17, 15) is 9.90 Å². The molecule has 3 nitrogen and oxygen atoms in total. The van der Waals surface area contributed by atoms with Gasteiger partial charge in [-0.2, -0.15) is 0 Å². The van der Waals surface area contributed by atoms with E-state index in [-0.39, 0.29) is 48.9 Å². The largest absolute Gasteiger partial charge is 0.512 e. The van der Waals surface area contributed by atoms with Gasteiger partial charge in [0.05, 0.1) is 11.3 Å². The van der Waals surface area contributed by atoms with Gasteiger partial charge in [0.25, 0.3) is 0 Å². The third-order valence-electron chi connectivity index (χ3n) is 8.42. The van der Waals surface area contributed by atoms with Crippen molar-refractivity contribution in [2.24, 2.45) is 11.8 Å². The van der Waals surface area contributed by atoms with Crippen molar-refractivity contribution in [3.05, 3.63) is 89.0 Å². The number of benzene rings is 3. The monoisotopic (exact) mass is 785 g/mol. The Kier molecular flexibility index (Phi) is 12.5. The molecule has 2 aromatic heterocycles. The van der Waals surface area contributed by atoms with Crippen LogP contribution in [-0.4, -0.2) is 15.9 Å². The third kappa shape index (κ3) is 7.86. The van der Waals surface area contributed by atoms with Crippen LogP contribution in [0.4, 0.5) is 0 Å². The molecule has 0 bridgehead atoms. The first-order valence-corrected chi connectivity index (χ1v) is 16.5. The van der Waals surface area contributed by atoms with Crippen LogP contribution in [-0.2, 0) is 30.3 Å². The Morgan fingerprint density at radius 3 is 2.09 bits per heavy atom. The second-order valence-electron chi connectivity index (χ2n) is 12.5. The molecule has 235 valence electrons. The Hall–Kier alpha value is -2.85. The smallest absolute Gasteiger partial charge is 0.162 e. The van der Waals surface area contributed by atoms with E-state index in [0.717, 1.165) is 47.8 Å². The minimum Gasteiger partial charge on any atom is -0.512 e. The molecule has 1 radical (unpaired) electrons. The van der Waals surface area contributed by atoms with Crippen LogP contribution in [0, 0.1) is 24.8 Å². The van der Waals surface area contributed by atoms with Crippen molar-refractivity contribution in [1.29, 1.82) is 0 Å². The summed E-state index contributed by atoms with van der Waals surface area (Å²) in [5.41, 5.74) is 4.56. The van der Waals surface area contributed by atoms with Crippen molar-refractivity contribution in [1.82, 2.24) is 4.98 Å². The number of allylic oxidation sites excluding steroid dienone is 2. The fourth-order valence-corrected chi connectivity index (χ4v) is 6.83. The van der Waals surface area contributed by atoms with Crippen LogP contribution < -0.4 is 0 Å². The minimum absolute atomic E-state index is 0. The van der Waals surface area contributed by atoms with E-state index >= 15 is 0 Å². The number of aliphatic hydroxyl groups excluding tert-OH is 1. The van der Waals surface area contributed by atoms with Crippen molar-refractivity contribution in [2.45, 2.75) is 86.5 Å². The maximum Gasteiger partial charge on any atom is 0.162 e. The molecule has 44 heavy (non-hydrogen) atoms. The van der Waals surface area contributed by atoms with Gasteiger partial charge in [-0.1, -0.05) is 95.8 Å². The van der Waals surface area contributed by atoms with Crippen LogP contribution in [0.25, 0.3) is 43.0 Å². The van der Waals surface area contributed by atoms with Gasteiger partial charge in [0, 0.05) is 58.7 Å². The van der Waals surface area contributed by atoms with E-state index in [4.69, 9.17) is 4.98 Å². The molecule has 0 aliphatic carbocycles. The predicted molar refractivity (Wildman–Crippen MR) is 186 cm³/mol. The van der Waals surface area contributed by atoms with Gasteiger partial charge < -0.3 is 5.11 Å². The second kappa shape index (κ2) is 15.4. The molecular formula is C39H46IrNO2S-. The molecule has 0 aliphatic rings. The van der Waals surface area contributed by atoms with E-state index in [1.807, 2.05) is 39.0 Å². The van der Waals surface area contributed by atoms with Crippen LogP contribution in [0.1, 0.15) is 84.6 Å². The number of nitrogens with zero attached hydrogens (tertiary/aromatic N) is 1. The van der Waals surface area contributed by atoms with Crippen molar-refractivity contribution in [3.63, 3.8) is 0 Å². The molecule has 0 atom stereocenters. The zero-order chi connectivity index (χ0) is 31.3. The van der Waals surface area contributed by atoms with Crippen molar-refractivity contribution in [2.75, 3.05) is 0 Å².